The molecule has 0 bridgehead atoms. The first-order valence-electron chi connectivity index (χ1n) is 5.98. The minimum Gasteiger partial charge on any atom is -0.376 e. The van der Waals surface area contributed by atoms with Crippen molar-refractivity contribution in [1.82, 2.24) is 0 Å². The Balaban J connectivity index is 1.95. The molecule has 3 nitrogen and oxygen atoms in total. The number of nitrogens with zero attached hydrogens (tertiary/aromatic N) is 1. The zero-order valence-corrected chi connectivity index (χ0v) is 10.6. The number of hydrogen-bond donors (Lipinski definition) is 1. The molecule has 2 aromatic carbocycles. The first-order valence-corrected chi connectivity index (χ1v) is 5.98. The number of rotatable bonds is 4. The maximum absolute atomic E-state index is 13.0. The third-order valence-electron chi connectivity index (χ3n) is 2.79. The van der Waals surface area contributed by atoms with Crippen molar-refractivity contribution >= 4 is 17.3 Å². The molecule has 2 aromatic rings. The van der Waals surface area contributed by atoms with Crippen LogP contribution in [0, 0.1) is 5.82 Å². The normalized spacial score (nSPS) is 10.0. The Labute approximate surface area is 111 Å². The summed E-state index contributed by atoms with van der Waals surface area (Å²) >= 11 is 0. The van der Waals surface area contributed by atoms with Crippen LogP contribution in [0.25, 0.3) is 0 Å². The molecule has 1 amide bonds. The number of para-hydroxylation sites is 1. The van der Waals surface area contributed by atoms with Gasteiger partial charge in [-0.25, -0.2) is 4.39 Å². The van der Waals surface area contributed by atoms with E-state index in [1.54, 1.807) is 24.1 Å². The van der Waals surface area contributed by atoms with Gasteiger partial charge in [0.15, 0.2) is 0 Å². The fourth-order valence-electron chi connectivity index (χ4n) is 1.69. The molecule has 1 N–H and O–H groups in total. The average Bonchev–Trinajstić information content (AvgIpc) is 2.45. The summed E-state index contributed by atoms with van der Waals surface area (Å²) in [5, 5.41) is 2.90. The van der Waals surface area contributed by atoms with Gasteiger partial charge in [0.25, 0.3) is 0 Å². The molecule has 0 radical (unpaired) electrons. The van der Waals surface area contributed by atoms with Crippen molar-refractivity contribution in [3.05, 3.63) is 60.4 Å². The first-order chi connectivity index (χ1) is 9.16. The summed E-state index contributed by atoms with van der Waals surface area (Å²) in [5.41, 5.74) is 1.42. The lowest BCUT2D eigenvalue weighted by Gasteiger charge is -2.17. The van der Waals surface area contributed by atoms with E-state index in [9.17, 15) is 9.18 Å². The van der Waals surface area contributed by atoms with E-state index in [1.165, 1.54) is 12.1 Å². The second-order valence-corrected chi connectivity index (χ2v) is 4.15. The number of carbonyl (C=O) groups is 1. The van der Waals surface area contributed by atoms with Crippen LogP contribution in [0.2, 0.25) is 0 Å². The highest BCUT2D eigenvalue weighted by Gasteiger charge is 2.09. The van der Waals surface area contributed by atoms with E-state index >= 15 is 0 Å². The van der Waals surface area contributed by atoms with Crippen LogP contribution in [0.1, 0.15) is 0 Å². The summed E-state index contributed by atoms with van der Waals surface area (Å²) in [5.74, 6) is -0.413. The lowest BCUT2D eigenvalue weighted by molar-refractivity contribution is -0.116. The molecule has 0 aromatic heterocycles. The van der Waals surface area contributed by atoms with E-state index in [0.717, 1.165) is 5.69 Å². The van der Waals surface area contributed by atoms with Gasteiger partial charge >= 0.3 is 0 Å². The zero-order valence-electron chi connectivity index (χ0n) is 10.6. The molecule has 0 fully saturated rings. The van der Waals surface area contributed by atoms with Gasteiger partial charge in [-0.1, -0.05) is 24.3 Å². The molecule has 0 aliphatic carbocycles. The van der Waals surface area contributed by atoms with Crippen LogP contribution >= 0.6 is 0 Å². The van der Waals surface area contributed by atoms with Crippen molar-refractivity contribution < 1.29 is 9.18 Å². The smallest absolute Gasteiger partial charge is 0.246 e. The van der Waals surface area contributed by atoms with E-state index in [-0.39, 0.29) is 18.3 Å². The van der Waals surface area contributed by atoms with Crippen LogP contribution in [-0.4, -0.2) is 19.5 Å². The highest BCUT2D eigenvalue weighted by atomic mass is 19.1. The maximum atomic E-state index is 13.0. The molecule has 0 saturated carbocycles. The fraction of sp³-hybridized carbons (Fsp3) is 0.133. The topological polar surface area (TPSA) is 32.3 Å². The second-order valence-electron chi connectivity index (χ2n) is 4.15. The van der Waals surface area contributed by atoms with E-state index in [2.05, 4.69) is 5.32 Å². The molecule has 0 aliphatic heterocycles. The molecule has 2 rings (SSSR count). The largest absolute Gasteiger partial charge is 0.376 e. The lowest BCUT2D eigenvalue weighted by atomic mass is 10.3. The molecule has 0 unspecified atom stereocenters. The standard InChI is InChI=1S/C15H15FN2O/c1-18(14-8-3-2-4-9-14)15(19)11-17-13-7-5-6-12(16)10-13/h2-10,17H,11H2,1H3. The summed E-state index contributed by atoms with van der Waals surface area (Å²) in [7, 11) is 1.71. The average molecular weight is 258 g/mol. The van der Waals surface area contributed by atoms with Crippen LogP contribution in [0.3, 0.4) is 0 Å². The molecule has 0 heterocycles. The van der Waals surface area contributed by atoms with Gasteiger partial charge in [0.2, 0.25) is 5.91 Å². The second kappa shape index (κ2) is 6.00. The monoisotopic (exact) mass is 258 g/mol. The van der Waals surface area contributed by atoms with Gasteiger partial charge in [-0.15, -0.1) is 0 Å². The number of amides is 1. The SMILES string of the molecule is CN(C(=O)CNc1cccc(F)c1)c1ccccc1. The number of likely N-dealkylation sites (N-methyl/N-ethyl adjacent to an activating group) is 1. The van der Waals surface area contributed by atoms with Crippen LogP contribution in [0.15, 0.2) is 54.6 Å². The highest BCUT2D eigenvalue weighted by Crippen LogP contribution is 2.12. The van der Waals surface area contributed by atoms with Crippen molar-refractivity contribution in [3.8, 4) is 0 Å². The molecule has 0 saturated heterocycles. The molecule has 0 atom stereocenters. The van der Waals surface area contributed by atoms with Crippen LogP contribution in [-0.2, 0) is 4.79 Å². The Morgan fingerprint density at radius 2 is 1.89 bits per heavy atom. The Kier molecular flexibility index (Phi) is 4.13. The highest BCUT2D eigenvalue weighted by molar-refractivity contribution is 5.95. The van der Waals surface area contributed by atoms with Crippen LogP contribution in [0.5, 0.6) is 0 Å². The number of hydrogen-bond acceptors (Lipinski definition) is 2. The van der Waals surface area contributed by atoms with E-state index in [0.29, 0.717) is 5.69 Å². The van der Waals surface area contributed by atoms with Crippen molar-refractivity contribution in [2.24, 2.45) is 0 Å². The number of benzene rings is 2. The molecule has 98 valence electrons. The van der Waals surface area contributed by atoms with Crippen molar-refractivity contribution in [1.29, 1.82) is 0 Å². The number of anilines is 2. The van der Waals surface area contributed by atoms with E-state index in [1.807, 2.05) is 30.3 Å². The van der Waals surface area contributed by atoms with Gasteiger partial charge in [0.1, 0.15) is 5.82 Å². The van der Waals surface area contributed by atoms with Crippen molar-refractivity contribution in [2.45, 2.75) is 0 Å². The maximum Gasteiger partial charge on any atom is 0.246 e. The van der Waals surface area contributed by atoms with Gasteiger partial charge in [-0.2, -0.15) is 0 Å². The Morgan fingerprint density at radius 3 is 2.58 bits per heavy atom. The van der Waals surface area contributed by atoms with Crippen LogP contribution < -0.4 is 10.2 Å². The third kappa shape index (κ3) is 3.55. The first kappa shape index (κ1) is 13.1. The van der Waals surface area contributed by atoms with E-state index < -0.39 is 0 Å². The minimum absolute atomic E-state index is 0.0875. The lowest BCUT2D eigenvalue weighted by Crippen LogP contribution is -2.32. The predicted octanol–water partition coefficient (Wildman–Crippen LogP) is 2.90. The summed E-state index contributed by atoms with van der Waals surface area (Å²) in [6.45, 7) is 0.120. The molecule has 19 heavy (non-hydrogen) atoms. The molecular weight excluding hydrogens is 243 g/mol. The summed E-state index contributed by atoms with van der Waals surface area (Å²) in [6, 6.07) is 15.4. The molecular formula is C15H15FN2O. The van der Waals surface area contributed by atoms with Gasteiger partial charge in [0, 0.05) is 18.4 Å². The predicted molar refractivity (Wildman–Crippen MR) is 74.7 cm³/mol. The Bertz CT molecular complexity index is 557. The van der Waals surface area contributed by atoms with Crippen LogP contribution in [0.4, 0.5) is 15.8 Å². The molecule has 0 spiro atoms. The van der Waals surface area contributed by atoms with Crippen molar-refractivity contribution in [3.63, 3.8) is 0 Å². The van der Waals surface area contributed by atoms with Crippen molar-refractivity contribution in [2.75, 3.05) is 23.8 Å². The number of nitrogens with one attached hydrogen (secondary N) is 1. The van der Waals surface area contributed by atoms with Gasteiger partial charge in [-0.3, -0.25) is 4.79 Å². The van der Waals surface area contributed by atoms with E-state index in [4.69, 9.17) is 0 Å². The molecule has 4 heteroatoms. The number of halogens is 1. The van der Waals surface area contributed by atoms with Gasteiger partial charge in [0.05, 0.1) is 6.54 Å². The molecule has 0 aliphatic rings. The zero-order chi connectivity index (χ0) is 13.7. The number of carbonyl (C=O) groups excluding carboxylic acids is 1. The Hall–Kier alpha value is -2.36. The Morgan fingerprint density at radius 1 is 1.16 bits per heavy atom. The van der Waals surface area contributed by atoms with Gasteiger partial charge < -0.3 is 10.2 Å². The third-order valence-corrected chi connectivity index (χ3v) is 2.79. The quantitative estimate of drug-likeness (QED) is 0.914. The summed E-state index contributed by atoms with van der Waals surface area (Å²) in [4.78, 5) is 13.5. The van der Waals surface area contributed by atoms with Gasteiger partial charge in [-0.05, 0) is 30.3 Å². The minimum atomic E-state index is -0.325. The fourth-order valence-corrected chi connectivity index (χ4v) is 1.69. The summed E-state index contributed by atoms with van der Waals surface area (Å²) < 4.78 is 13.0. The summed E-state index contributed by atoms with van der Waals surface area (Å²) in [6.07, 6.45) is 0.